The van der Waals surface area contributed by atoms with Crippen molar-refractivity contribution in [2.75, 3.05) is 18.1 Å². The molecule has 1 aromatic carbocycles. The number of oxime groups is 1. The number of aromatic nitrogens is 1. The number of amides is 2. The van der Waals surface area contributed by atoms with Gasteiger partial charge in [0, 0.05) is 43.0 Å². The van der Waals surface area contributed by atoms with Crippen LogP contribution in [-0.4, -0.2) is 91.2 Å². The molecule has 0 saturated carbocycles. The Morgan fingerprint density at radius 3 is 2.34 bits per heavy atom. The van der Waals surface area contributed by atoms with Gasteiger partial charge >= 0.3 is 29.8 Å². The number of carboxylic acids is 2. The molecule has 0 bridgehead atoms. The molecule has 0 aliphatic carbocycles. The number of thiazole rings is 1. The van der Waals surface area contributed by atoms with Gasteiger partial charge in [0.2, 0.25) is 6.10 Å². The first kappa shape index (κ1) is 34.4. The Labute approximate surface area is 272 Å². The second kappa shape index (κ2) is 14.3. The molecule has 2 aromatic rings. The molecule has 2 amide bonds. The van der Waals surface area contributed by atoms with Gasteiger partial charge in [-0.05, 0) is 12.1 Å². The number of benzene rings is 1. The van der Waals surface area contributed by atoms with Crippen molar-refractivity contribution in [3.8, 4) is 11.5 Å². The highest BCUT2D eigenvalue weighted by Crippen LogP contribution is 2.40. The lowest BCUT2D eigenvalue weighted by atomic mass is 10.0. The number of carbonyl (C=O) groups is 7. The van der Waals surface area contributed by atoms with Crippen molar-refractivity contribution in [1.82, 2.24) is 15.2 Å². The monoisotopic (exact) mass is 691 g/mol. The maximum atomic E-state index is 13.5. The van der Waals surface area contributed by atoms with E-state index in [4.69, 9.17) is 24.8 Å². The molecule has 47 heavy (non-hydrogen) atoms. The molecule has 1 fully saturated rings. The number of thioether (sulfide) groups is 1. The lowest BCUT2D eigenvalue weighted by Crippen LogP contribution is -2.71. The summed E-state index contributed by atoms with van der Waals surface area (Å²) < 4.78 is 14.9. The largest absolute Gasteiger partial charge is 0.478 e. The fourth-order valence-corrected chi connectivity index (χ4v) is 6.18. The second-order valence-electron chi connectivity index (χ2n) is 9.63. The third kappa shape index (κ3) is 7.84. The zero-order valence-corrected chi connectivity index (χ0v) is 26.2. The Morgan fingerprint density at radius 1 is 1.09 bits per heavy atom. The zero-order valence-electron chi connectivity index (χ0n) is 24.6. The van der Waals surface area contributed by atoms with E-state index in [0.29, 0.717) is 0 Å². The molecule has 20 heteroatoms. The van der Waals surface area contributed by atoms with E-state index in [0.717, 1.165) is 54.8 Å². The third-order valence-electron chi connectivity index (χ3n) is 6.22. The van der Waals surface area contributed by atoms with E-state index in [-0.39, 0.29) is 51.5 Å². The zero-order chi connectivity index (χ0) is 34.6. The summed E-state index contributed by atoms with van der Waals surface area (Å²) in [5.41, 5.74) is 4.71. The van der Waals surface area contributed by atoms with Crippen LogP contribution in [0.1, 0.15) is 38.1 Å². The Morgan fingerprint density at radius 2 is 1.77 bits per heavy atom. The number of β-lactam (4-membered cyclic amide) rings is 1. The van der Waals surface area contributed by atoms with Gasteiger partial charge in [0.05, 0.1) is 0 Å². The Hall–Kier alpha value is -5.50. The molecular formula is C27H25N5O13S2. The summed E-state index contributed by atoms with van der Waals surface area (Å²) in [4.78, 5) is 95.2. The standard InChI is InChI=1S/C27H25N5O13S2/c1-10(33)42-7-14-8-46-24-19(23(37)32(24)20(14)25(38)39)30-22(36)18(15-9-47-27(28)29-15)31-45-21(26(40)41)13-4-5-16(43-11(2)34)17(6-13)44-12(3)35/h4-6,9,19,21,24H,7-8H2,1-3H3,(H2,28,29)(H,30,36)(H,38,39)(H,40,41)/b31-18-/t19-,21?,24-/m1/s1. The van der Waals surface area contributed by atoms with Gasteiger partial charge < -0.3 is 40.3 Å². The van der Waals surface area contributed by atoms with E-state index in [2.05, 4.69) is 15.5 Å². The predicted octanol–water partition coefficient (Wildman–Crippen LogP) is 0.424. The first-order valence-electron chi connectivity index (χ1n) is 13.2. The summed E-state index contributed by atoms with van der Waals surface area (Å²) in [7, 11) is 0. The molecule has 248 valence electrons. The number of aliphatic carboxylic acids is 2. The number of fused-ring (bicyclic) bond motifs is 1. The van der Waals surface area contributed by atoms with Gasteiger partial charge in [-0.3, -0.25) is 28.9 Å². The maximum absolute atomic E-state index is 13.5. The lowest BCUT2D eigenvalue weighted by molar-refractivity contribution is -0.151. The summed E-state index contributed by atoms with van der Waals surface area (Å²) in [5.74, 6) is -7.39. The third-order valence-corrected chi connectivity index (χ3v) is 8.23. The van der Waals surface area contributed by atoms with Crippen molar-refractivity contribution in [2.24, 2.45) is 5.16 Å². The van der Waals surface area contributed by atoms with Crippen molar-refractivity contribution >= 4 is 75.6 Å². The van der Waals surface area contributed by atoms with Gasteiger partial charge in [0.25, 0.3) is 11.8 Å². The van der Waals surface area contributed by atoms with Gasteiger partial charge in [-0.1, -0.05) is 11.2 Å². The highest BCUT2D eigenvalue weighted by atomic mass is 32.2. The number of rotatable bonds is 12. The van der Waals surface area contributed by atoms with Gasteiger partial charge in [0.15, 0.2) is 22.3 Å². The SMILES string of the molecule is CC(=O)OCC1=C(C(=O)O)N2C(=O)[C@@H](NC(=O)/C(=N\OC(C(=O)O)c3ccc(OC(C)=O)c(OC(C)=O)c3)c3csc(N)n3)[C@H]2SC1. The number of nitrogens with zero attached hydrogens (tertiary/aromatic N) is 3. The quantitative estimate of drug-likeness (QED) is 0.0772. The van der Waals surface area contributed by atoms with Crippen molar-refractivity contribution in [1.29, 1.82) is 0 Å². The molecule has 1 unspecified atom stereocenters. The second-order valence-corrected chi connectivity index (χ2v) is 11.6. The summed E-state index contributed by atoms with van der Waals surface area (Å²) in [6, 6.07) is 2.21. The molecule has 5 N–H and O–H groups in total. The number of carboxylic acid groups (broad SMARTS) is 2. The molecule has 1 aromatic heterocycles. The van der Waals surface area contributed by atoms with Gasteiger partial charge in [-0.25, -0.2) is 14.6 Å². The van der Waals surface area contributed by atoms with E-state index in [1.165, 1.54) is 17.5 Å². The number of ether oxygens (including phenoxy) is 3. The molecule has 3 atom stereocenters. The minimum absolute atomic E-state index is 0.0210. The average molecular weight is 692 g/mol. The number of esters is 3. The predicted molar refractivity (Wildman–Crippen MR) is 160 cm³/mol. The van der Waals surface area contributed by atoms with Crippen molar-refractivity contribution < 1.29 is 62.8 Å². The van der Waals surface area contributed by atoms with Crippen LogP contribution in [0.25, 0.3) is 0 Å². The molecule has 4 rings (SSSR count). The van der Waals surface area contributed by atoms with Crippen LogP contribution in [0.3, 0.4) is 0 Å². The van der Waals surface area contributed by atoms with E-state index in [1.54, 1.807) is 0 Å². The van der Waals surface area contributed by atoms with Crippen LogP contribution in [0.4, 0.5) is 5.13 Å². The van der Waals surface area contributed by atoms with E-state index >= 15 is 0 Å². The van der Waals surface area contributed by atoms with Gasteiger partial charge in [0.1, 0.15) is 29.4 Å². The Bertz CT molecular complexity index is 1740. The normalized spacial score (nSPS) is 17.9. The number of hydrogen-bond acceptors (Lipinski definition) is 16. The maximum Gasteiger partial charge on any atom is 0.352 e. The highest BCUT2D eigenvalue weighted by molar-refractivity contribution is 8.00. The number of hydrogen-bond donors (Lipinski definition) is 4. The average Bonchev–Trinajstić information content (AvgIpc) is 3.42. The van der Waals surface area contributed by atoms with Crippen LogP contribution in [0, 0.1) is 0 Å². The molecule has 1 saturated heterocycles. The van der Waals surface area contributed by atoms with Crippen LogP contribution >= 0.6 is 23.1 Å². The summed E-state index contributed by atoms with van der Waals surface area (Å²) in [5, 5.41) is 26.4. The highest BCUT2D eigenvalue weighted by Gasteiger charge is 2.54. The minimum atomic E-state index is -1.90. The molecule has 0 spiro atoms. The van der Waals surface area contributed by atoms with E-state index < -0.39 is 64.9 Å². The molecule has 18 nitrogen and oxygen atoms in total. The van der Waals surface area contributed by atoms with Gasteiger partial charge in [-0.15, -0.1) is 23.1 Å². The van der Waals surface area contributed by atoms with E-state index in [1.807, 2.05) is 0 Å². The van der Waals surface area contributed by atoms with Gasteiger partial charge in [-0.2, -0.15) is 0 Å². The summed E-state index contributed by atoms with van der Waals surface area (Å²) in [6.07, 6.45) is -1.90. The minimum Gasteiger partial charge on any atom is -0.478 e. The summed E-state index contributed by atoms with van der Waals surface area (Å²) >= 11 is 2.04. The van der Waals surface area contributed by atoms with Crippen molar-refractivity contribution in [3.63, 3.8) is 0 Å². The molecular weight excluding hydrogens is 666 g/mol. The molecule has 3 heterocycles. The number of carbonyl (C=O) groups excluding carboxylic acids is 5. The first-order chi connectivity index (χ1) is 22.2. The Balaban J connectivity index is 1.60. The Kier molecular flexibility index (Phi) is 10.5. The number of nitrogen functional groups attached to an aromatic ring is 1. The first-order valence-corrected chi connectivity index (χ1v) is 15.1. The van der Waals surface area contributed by atoms with E-state index in [9.17, 15) is 43.8 Å². The number of anilines is 1. The van der Waals surface area contributed by atoms with Crippen LogP contribution in [0.15, 0.2) is 40.0 Å². The van der Waals surface area contributed by atoms with Crippen LogP contribution in [0.2, 0.25) is 0 Å². The van der Waals surface area contributed by atoms with Crippen LogP contribution in [-0.2, 0) is 43.1 Å². The number of nitrogens with one attached hydrogen (secondary N) is 1. The van der Waals surface area contributed by atoms with Crippen molar-refractivity contribution in [3.05, 3.63) is 46.1 Å². The molecule has 2 aliphatic heterocycles. The van der Waals surface area contributed by atoms with Crippen molar-refractivity contribution in [2.45, 2.75) is 38.3 Å². The molecule has 2 aliphatic rings. The van der Waals surface area contributed by atoms with Crippen LogP contribution in [0.5, 0.6) is 11.5 Å². The van der Waals surface area contributed by atoms with Crippen LogP contribution < -0.4 is 20.5 Å². The summed E-state index contributed by atoms with van der Waals surface area (Å²) in [6.45, 7) is 2.99. The topological polar surface area (TPSA) is 263 Å². The number of nitrogens with two attached hydrogens (primary N) is 1. The smallest absolute Gasteiger partial charge is 0.352 e. The molecule has 0 radical (unpaired) electrons. The fraction of sp³-hybridized carbons (Fsp3) is 0.296. The lowest BCUT2D eigenvalue weighted by Gasteiger charge is -2.49. The fourth-order valence-electron chi connectivity index (χ4n) is 4.31.